The highest BCUT2D eigenvalue weighted by Gasteiger charge is 2.27. The average Bonchev–Trinajstić information content (AvgIpc) is 2.49. The van der Waals surface area contributed by atoms with E-state index in [1.54, 1.807) is 0 Å². The number of rotatable bonds is 9. The van der Waals surface area contributed by atoms with Crippen LogP contribution in [0, 0.1) is 17.3 Å². The number of nitrogens with one attached hydrogen (secondary N) is 1. The van der Waals surface area contributed by atoms with E-state index >= 15 is 0 Å². The number of carbonyl (C=O) groups is 1. The maximum absolute atomic E-state index is 12.3. The highest BCUT2D eigenvalue weighted by molar-refractivity contribution is 6.17. The molecule has 3 heteroatoms. The number of amides is 1. The van der Waals surface area contributed by atoms with E-state index in [1.165, 1.54) is 32.1 Å². The first-order chi connectivity index (χ1) is 9.98. The Kier molecular flexibility index (Phi) is 8.70. The third-order valence-electron chi connectivity index (χ3n) is 4.91. The summed E-state index contributed by atoms with van der Waals surface area (Å²) in [6.07, 6.45) is 10.7. The second-order valence-electron chi connectivity index (χ2n) is 7.53. The molecule has 1 fully saturated rings. The number of unbranched alkanes of at least 4 members (excludes halogenated alkanes) is 1. The zero-order valence-electron chi connectivity index (χ0n) is 14.2. The maximum Gasteiger partial charge on any atom is 0.223 e. The summed E-state index contributed by atoms with van der Waals surface area (Å²) in [5, 5.41) is 3.18. The van der Waals surface area contributed by atoms with Crippen molar-refractivity contribution in [1.82, 2.24) is 5.32 Å². The molecule has 0 unspecified atom stereocenters. The molecule has 1 aliphatic carbocycles. The summed E-state index contributed by atoms with van der Waals surface area (Å²) in [4.78, 5) is 12.3. The average molecular weight is 316 g/mol. The second kappa shape index (κ2) is 9.71. The minimum Gasteiger partial charge on any atom is -0.355 e. The molecule has 0 atom stereocenters. The lowest BCUT2D eigenvalue weighted by atomic mass is 9.79. The van der Waals surface area contributed by atoms with Gasteiger partial charge in [-0.15, -0.1) is 11.6 Å². The zero-order chi connectivity index (χ0) is 15.7. The summed E-state index contributed by atoms with van der Waals surface area (Å²) < 4.78 is 0. The lowest BCUT2D eigenvalue weighted by molar-refractivity contribution is -0.126. The van der Waals surface area contributed by atoms with Crippen LogP contribution in [0.5, 0.6) is 0 Å². The van der Waals surface area contributed by atoms with E-state index < -0.39 is 0 Å². The molecule has 1 rings (SSSR count). The van der Waals surface area contributed by atoms with E-state index in [9.17, 15) is 4.79 Å². The van der Waals surface area contributed by atoms with Crippen LogP contribution < -0.4 is 5.32 Å². The Morgan fingerprint density at radius 3 is 2.43 bits per heavy atom. The van der Waals surface area contributed by atoms with Gasteiger partial charge in [0.15, 0.2) is 0 Å². The molecule has 1 saturated carbocycles. The first kappa shape index (κ1) is 18.8. The molecule has 0 aliphatic heterocycles. The van der Waals surface area contributed by atoms with Crippen molar-refractivity contribution < 1.29 is 4.79 Å². The molecule has 1 aliphatic rings. The third kappa shape index (κ3) is 7.54. The molecule has 0 saturated heterocycles. The Labute approximate surface area is 136 Å². The second-order valence-corrected chi connectivity index (χ2v) is 7.91. The van der Waals surface area contributed by atoms with Gasteiger partial charge in [0.1, 0.15) is 0 Å². The fourth-order valence-electron chi connectivity index (χ4n) is 3.31. The standard InChI is InChI=1S/C18H34ClNO/c1-4-5-7-15-8-10-16(11-9-15)17(21)20-14-18(2,3)12-6-13-19/h15-16H,4-14H2,1-3H3,(H,20,21). The van der Waals surface area contributed by atoms with Gasteiger partial charge in [-0.05, 0) is 49.9 Å². The van der Waals surface area contributed by atoms with Gasteiger partial charge in [0.2, 0.25) is 5.91 Å². The van der Waals surface area contributed by atoms with Crippen LogP contribution in [0.25, 0.3) is 0 Å². The van der Waals surface area contributed by atoms with Crippen LogP contribution in [-0.4, -0.2) is 18.3 Å². The summed E-state index contributed by atoms with van der Waals surface area (Å²) in [7, 11) is 0. The molecule has 0 spiro atoms. The number of halogens is 1. The summed E-state index contributed by atoms with van der Waals surface area (Å²) in [5.74, 6) is 2.11. The van der Waals surface area contributed by atoms with Gasteiger partial charge in [-0.3, -0.25) is 4.79 Å². The first-order valence-corrected chi connectivity index (χ1v) is 9.35. The van der Waals surface area contributed by atoms with Gasteiger partial charge in [0.25, 0.3) is 0 Å². The minimum absolute atomic E-state index is 0.156. The quantitative estimate of drug-likeness (QED) is 0.586. The lowest BCUT2D eigenvalue weighted by Crippen LogP contribution is -2.39. The van der Waals surface area contributed by atoms with Crippen LogP contribution >= 0.6 is 11.6 Å². The summed E-state index contributed by atoms with van der Waals surface area (Å²) in [6.45, 7) is 7.45. The predicted molar refractivity (Wildman–Crippen MR) is 91.7 cm³/mol. The maximum atomic E-state index is 12.3. The minimum atomic E-state index is 0.156. The van der Waals surface area contributed by atoms with E-state index in [0.717, 1.165) is 38.1 Å². The normalized spacial score (nSPS) is 23.0. The van der Waals surface area contributed by atoms with Crippen molar-refractivity contribution in [2.75, 3.05) is 12.4 Å². The zero-order valence-corrected chi connectivity index (χ0v) is 15.0. The molecular weight excluding hydrogens is 282 g/mol. The molecule has 1 N–H and O–H groups in total. The number of carbonyl (C=O) groups excluding carboxylic acids is 1. The Morgan fingerprint density at radius 1 is 1.19 bits per heavy atom. The van der Waals surface area contributed by atoms with Crippen molar-refractivity contribution in [1.29, 1.82) is 0 Å². The largest absolute Gasteiger partial charge is 0.355 e. The molecule has 0 aromatic rings. The summed E-state index contributed by atoms with van der Waals surface area (Å²) in [6, 6.07) is 0. The van der Waals surface area contributed by atoms with Crippen molar-refractivity contribution in [2.24, 2.45) is 17.3 Å². The van der Waals surface area contributed by atoms with Crippen molar-refractivity contribution in [3.05, 3.63) is 0 Å². The van der Waals surface area contributed by atoms with Crippen LogP contribution in [0.1, 0.15) is 78.6 Å². The Balaban J connectivity index is 2.24. The smallest absolute Gasteiger partial charge is 0.223 e. The highest BCUT2D eigenvalue weighted by atomic mass is 35.5. The van der Waals surface area contributed by atoms with Gasteiger partial charge in [-0.1, -0.05) is 40.0 Å². The van der Waals surface area contributed by atoms with Crippen molar-refractivity contribution in [2.45, 2.75) is 78.6 Å². The first-order valence-electron chi connectivity index (χ1n) is 8.82. The van der Waals surface area contributed by atoms with Gasteiger partial charge in [0.05, 0.1) is 0 Å². The molecule has 0 bridgehead atoms. The van der Waals surface area contributed by atoms with E-state index in [1.807, 2.05) is 0 Å². The van der Waals surface area contributed by atoms with Gasteiger partial charge >= 0.3 is 0 Å². The van der Waals surface area contributed by atoms with Crippen molar-refractivity contribution in [3.8, 4) is 0 Å². The van der Waals surface area contributed by atoms with E-state index in [-0.39, 0.29) is 17.2 Å². The van der Waals surface area contributed by atoms with E-state index in [4.69, 9.17) is 11.6 Å². The molecule has 21 heavy (non-hydrogen) atoms. The molecule has 124 valence electrons. The van der Waals surface area contributed by atoms with Crippen LogP contribution in [0.3, 0.4) is 0 Å². The SMILES string of the molecule is CCCCC1CCC(C(=O)NCC(C)(C)CCCCl)CC1. The monoisotopic (exact) mass is 315 g/mol. The number of hydrogen-bond donors (Lipinski definition) is 1. The summed E-state index contributed by atoms with van der Waals surface area (Å²) in [5.41, 5.74) is 0.156. The molecule has 0 aromatic carbocycles. The van der Waals surface area contributed by atoms with Gasteiger partial charge in [0, 0.05) is 18.3 Å². The van der Waals surface area contributed by atoms with Crippen molar-refractivity contribution in [3.63, 3.8) is 0 Å². The molecule has 0 heterocycles. The molecule has 0 aromatic heterocycles. The van der Waals surface area contributed by atoms with Gasteiger partial charge in [-0.2, -0.15) is 0 Å². The van der Waals surface area contributed by atoms with E-state index in [2.05, 4.69) is 26.1 Å². The lowest BCUT2D eigenvalue weighted by Gasteiger charge is -2.30. The highest BCUT2D eigenvalue weighted by Crippen LogP contribution is 2.32. The Morgan fingerprint density at radius 2 is 1.86 bits per heavy atom. The molecule has 0 radical (unpaired) electrons. The van der Waals surface area contributed by atoms with Crippen LogP contribution in [0.2, 0.25) is 0 Å². The van der Waals surface area contributed by atoms with Crippen LogP contribution in [0.15, 0.2) is 0 Å². The predicted octanol–water partition coefficient (Wildman–Crippen LogP) is 5.14. The van der Waals surface area contributed by atoms with Gasteiger partial charge < -0.3 is 5.32 Å². The fraction of sp³-hybridized carbons (Fsp3) is 0.944. The fourth-order valence-corrected chi connectivity index (χ4v) is 3.44. The Bertz CT molecular complexity index is 296. The molecular formula is C18H34ClNO. The van der Waals surface area contributed by atoms with Crippen LogP contribution in [-0.2, 0) is 4.79 Å². The molecule has 1 amide bonds. The molecule has 2 nitrogen and oxygen atoms in total. The number of hydrogen-bond acceptors (Lipinski definition) is 1. The third-order valence-corrected chi connectivity index (χ3v) is 5.18. The summed E-state index contributed by atoms with van der Waals surface area (Å²) >= 11 is 5.75. The van der Waals surface area contributed by atoms with E-state index in [0.29, 0.717) is 5.88 Å². The van der Waals surface area contributed by atoms with Gasteiger partial charge in [-0.25, -0.2) is 0 Å². The van der Waals surface area contributed by atoms with Crippen molar-refractivity contribution >= 4 is 17.5 Å². The van der Waals surface area contributed by atoms with Crippen LogP contribution in [0.4, 0.5) is 0 Å². The Hall–Kier alpha value is -0.240. The number of alkyl halides is 1. The topological polar surface area (TPSA) is 29.1 Å².